The van der Waals surface area contributed by atoms with E-state index in [1.165, 1.54) is 6.92 Å². The standard InChI is InChI=1S/C17H22N2O2/c1-13(20)19-15-9-7-14(8-10-15)6-5-11-18-16(21)12-17(2,3)4/h7-10H,11-12H2,1-4H3,(H,18,21)(H,19,20). The molecule has 4 nitrogen and oxygen atoms in total. The third kappa shape index (κ3) is 7.78. The number of amides is 2. The molecule has 0 atom stereocenters. The molecule has 0 saturated carbocycles. The molecule has 2 amide bonds. The Morgan fingerprint density at radius 1 is 1.14 bits per heavy atom. The van der Waals surface area contributed by atoms with E-state index in [0.717, 1.165) is 11.3 Å². The van der Waals surface area contributed by atoms with E-state index >= 15 is 0 Å². The largest absolute Gasteiger partial charge is 0.345 e. The summed E-state index contributed by atoms with van der Waals surface area (Å²) in [7, 11) is 0. The van der Waals surface area contributed by atoms with Gasteiger partial charge in [0.15, 0.2) is 0 Å². The lowest BCUT2D eigenvalue weighted by Gasteiger charge is -2.16. The molecule has 0 aliphatic heterocycles. The van der Waals surface area contributed by atoms with Crippen LogP contribution in [0.2, 0.25) is 0 Å². The van der Waals surface area contributed by atoms with Crippen LogP contribution in [0.3, 0.4) is 0 Å². The van der Waals surface area contributed by atoms with Crippen LogP contribution >= 0.6 is 0 Å². The Hall–Kier alpha value is -2.28. The smallest absolute Gasteiger partial charge is 0.221 e. The normalized spacial score (nSPS) is 10.3. The Kier molecular flexibility index (Phi) is 5.98. The van der Waals surface area contributed by atoms with Gasteiger partial charge in [0, 0.05) is 24.6 Å². The number of hydrogen-bond acceptors (Lipinski definition) is 2. The lowest BCUT2D eigenvalue weighted by molar-refractivity contribution is -0.122. The van der Waals surface area contributed by atoms with Crippen LogP contribution in [0.15, 0.2) is 24.3 Å². The fourth-order valence-corrected chi connectivity index (χ4v) is 1.67. The van der Waals surface area contributed by atoms with Crippen LogP contribution < -0.4 is 10.6 Å². The predicted molar refractivity (Wildman–Crippen MR) is 84.7 cm³/mol. The minimum absolute atomic E-state index is 0.0119. The van der Waals surface area contributed by atoms with Gasteiger partial charge in [0.05, 0.1) is 6.54 Å². The van der Waals surface area contributed by atoms with E-state index in [4.69, 9.17) is 0 Å². The van der Waals surface area contributed by atoms with Crippen LogP contribution in [0.4, 0.5) is 5.69 Å². The Morgan fingerprint density at radius 2 is 1.76 bits per heavy atom. The molecule has 1 aromatic rings. The van der Waals surface area contributed by atoms with E-state index in [1.807, 2.05) is 32.9 Å². The number of carbonyl (C=O) groups is 2. The minimum Gasteiger partial charge on any atom is -0.345 e. The lowest BCUT2D eigenvalue weighted by Crippen LogP contribution is -2.27. The Morgan fingerprint density at radius 3 is 2.29 bits per heavy atom. The molecule has 0 radical (unpaired) electrons. The molecular weight excluding hydrogens is 264 g/mol. The monoisotopic (exact) mass is 286 g/mol. The molecule has 0 fully saturated rings. The molecule has 0 heterocycles. The van der Waals surface area contributed by atoms with E-state index in [9.17, 15) is 9.59 Å². The third-order valence-corrected chi connectivity index (χ3v) is 2.50. The van der Waals surface area contributed by atoms with Crippen LogP contribution in [0.5, 0.6) is 0 Å². The maximum Gasteiger partial charge on any atom is 0.221 e. The van der Waals surface area contributed by atoms with Crippen molar-refractivity contribution < 1.29 is 9.59 Å². The fourth-order valence-electron chi connectivity index (χ4n) is 1.67. The van der Waals surface area contributed by atoms with Crippen molar-refractivity contribution in [2.75, 3.05) is 11.9 Å². The average molecular weight is 286 g/mol. The van der Waals surface area contributed by atoms with E-state index in [2.05, 4.69) is 22.5 Å². The van der Waals surface area contributed by atoms with Gasteiger partial charge in [-0.15, -0.1) is 0 Å². The molecule has 0 aliphatic carbocycles. The molecule has 0 aromatic heterocycles. The summed E-state index contributed by atoms with van der Waals surface area (Å²) in [5.41, 5.74) is 1.57. The summed E-state index contributed by atoms with van der Waals surface area (Å²) >= 11 is 0. The fraction of sp³-hybridized carbons (Fsp3) is 0.412. The SMILES string of the molecule is CC(=O)Nc1ccc(C#CCNC(=O)CC(C)(C)C)cc1. The van der Waals surface area contributed by atoms with Gasteiger partial charge in [0.2, 0.25) is 11.8 Å². The van der Waals surface area contributed by atoms with Crippen LogP contribution in [-0.4, -0.2) is 18.4 Å². The number of carbonyl (C=O) groups excluding carboxylic acids is 2. The van der Waals surface area contributed by atoms with E-state index in [0.29, 0.717) is 13.0 Å². The van der Waals surface area contributed by atoms with E-state index in [-0.39, 0.29) is 17.2 Å². The van der Waals surface area contributed by atoms with Gasteiger partial charge < -0.3 is 10.6 Å². The summed E-state index contributed by atoms with van der Waals surface area (Å²) < 4.78 is 0. The zero-order chi connectivity index (χ0) is 15.9. The molecule has 0 spiro atoms. The number of benzene rings is 1. The highest BCUT2D eigenvalue weighted by molar-refractivity contribution is 5.88. The number of rotatable bonds is 3. The molecule has 0 bridgehead atoms. The second-order valence-corrected chi connectivity index (χ2v) is 6.07. The van der Waals surface area contributed by atoms with Crippen LogP contribution in [0.25, 0.3) is 0 Å². The zero-order valence-corrected chi connectivity index (χ0v) is 13.0. The van der Waals surface area contributed by atoms with Crippen molar-refractivity contribution in [1.82, 2.24) is 5.32 Å². The first-order valence-electron chi connectivity index (χ1n) is 6.89. The minimum atomic E-state index is -0.101. The van der Waals surface area contributed by atoms with Crippen LogP contribution in [0.1, 0.15) is 39.7 Å². The van der Waals surface area contributed by atoms with Crippen molar-refractivity contribution >= 4 is 17.5 Å². The maximum absolute atomic E-state index is 11.6. The zero-order valence-electron chi connectivity index (χ0n) is 13.0. The second kappa shape index (κ2) is 7.49. The van der Waals surface area contributed by atoms with Crippen molar-refractivity contribution in [3.05, 3.63) is 29.8 Å². The second-order valence-electron chi connectivity index (χ2n) is 6.07. The topological polar surface area (TPSA) is 58.2 Å². The first kappa shape index (κ1) is 16.8. The Balaban J connectivity index is 2.45. The third-order valence-electron chi connectivity index (χ3n) is 2.50. The quantitative estimate of drug-likeness (QED) is 0.839. The predicted octanol–water partition coefficient (Wildman–Crippen LogP) is 2.55. The van der Waals surface area contributed by atoms with E-state index in [1.54, 1.807) is 12.1 Å². The summed E-state index contributed by atoms with van der Waals surface area (Å²) in [5.74, 6) is 5.79. The highest BCUT2D eigenvalue weighted by Gasteiger charge is 2.14. The summed E-state index contributed by atoms with van der Waals surface area (Å²) in [4.78, 5) is 22.5. The molecule has 0 aliphatic rings. The Bertz CT molecular complexity index is 557. The molecule has 1 aromatic carbocycles. The van der Waals surface area contributed by atoms with Gasteiger partial charge in [-0.05, 0) is 29.7 Å². The van der Waals surface area contributed by atoms with Crippen molar-refractivity contribution in [2.45, 2.75) is 34.1 Å². The van der Waals surface area contributed by atoms with Crippen molar-refractivity contribution in [1.29, 1.82) is 0 Å². The van der Waals surface area contributed by atoms with Gasteiger partial charge in [-0.3, -0.25) is 9.59 Å². The van der Waals surface area contributed by atoms with Crippen molar-refractivity contribution in [3.8, 4) is 11.8 Å². The highest BCUT2D eigenvalue weighted by atomic mass is 16.2. The summed E-state index contributed by atoms with van der Waals surface area (Å²) in [6.07, 6.45) is 0.486. The molecule has 112 valence electrons. The van der Waals surface area contributed by atoms with E-state index < -0.39 is 0 Å². The molecule has 0 unspecified atom stereocenters. The first-order chi connectivity index (χ1) is 9.76. The number of hydrogen-bond donors (Lipinski definition) is 2. The number of nitrogens with one attached hydrogen (secondary N) is 2. The van der Waals surface area contributed by atoms with Gasteiger partial charge in [0.25, 0.3) is 0 Å². The van der Waals surface area contributed by atoms with Crippen molar-refractivity contribution in [2.24, 2.45) is 5.41 Å². The average Bonchev–Trinajstić information content (AvgIpc) is 2.34. The summed E-state index contributed by atoms with van der Waals surface area (Å²) in [6.45, 7) is 7.87. The van der Waals surface area contributed by atoms with Gasteiger partial charge in [-0.25, -0.2) is 0 Å². The van der Waals surface area contributed by atoms with Crippen LogP contribution in [0, 0.1) is 17.3 Å². The molecule has 21 heavy (non-hydrogen) atoms. The first-order valence-corrected chi connectivity index (χ1v) is 6.89. The number of anilines is 1. The highest BCUT2D eigenvalue weighted by Crippen LogP contribution is 2.17. The van der Waals surface area contributed by atoms with Crippen LogP contribution in [-0.2, 0) is 9.59 Å². The molecular formula is C17H22N2O2. The van der Waals surface area contributed by atoms with Crippen molar-refractivity contribution in [3.63, 3.8) is 0 Å². The van der Waals surface area contributed by atoms with Gasteiger partial charge in [-0.1, -0.05) is 32.6 Å². The molecule has 0 saturated heterocycles. The summed E-state index contributed by atoms with van der Waals surface area (Å²) in [5, 5.41) is 5.47. The van der Waals surface area contributed by atoms with Gasteiger partial charge in [-0.2, -0.15) is 0 Å². The van der Waals surface area contributed by atoms with Gasteiger partial charge >= 0.3 is 0 Å². The lowest BCUT2D eigenvalue weighted by atomic mass is 9.92. The molecule has 4 heteroatoms. The molecule has 1 rings (SSSR count). The maximum atomic E-state index is 11.6. The van der Waals surface area contributed by atoms with Gasteiger partial charge in [0.1, 0.15) is 0 Å². The summed E-state index contributed by atoms with van der Waals surface area (Å²) in [6, 6.07) is 7.25. The Labute approximate surface area is 126 Å². The molecule has 2 N–H and O–H groups in total.